The molecule has 0 aliphatic carbocycles. The van der Waals surface area contributed by atoms with Crippen LogP contribution in [0.5, 0.6) is 0 Å². The fourth-order valence-electron chi connectivity index (χ4n) is 1.91. The standard InChI is InChI=1S/C12H19N3OS2/c1-2-11-13-3-5-15(11)6-4-14-12(16)10-9-17-7-8-18-10/h3,5,10H,2,4,6-9H2,1H3,(H,14,16). The zero-order chi connectivity index (χ0) is 12.8. The van der Waals surface area contributed by atoms with E-state index in [-0.39, 0.29) is 11.2 Å². The second-order valence-corrected chi connectivity index (χ2v) is 6.58. The average molecular weight is 285 g/mol. The highest BCUT2D eigenvalue weighted by atomic mass is 32.2. The Morgan fingerprint density at radius 1 is 1.61 bits per heavy atom. The molecule has 1 aromatic heterocycles. The summed E-state index contributed by atoms with van der Waals surface area (Å²) in [6, 6.07) is 0. The molecule has 100 valence electrons. The van der Waals surface area contributed by atoms with Crippen molar-refractivity contribution < 1.29 is 4.79 Å². The van der Waals surface area contributed by atoms with E-state index in [1.807, 2.05) is 24.2 Å². The predicted octanol–water partition coefficient (Wildman–Crippen LogP) is 1.41. The van der Waals surface area contributed by atoms with Gasteiger partial charge in [-0.3, -0.25) is 4.79 Å². The van der Waals surface area contributed by atoms with Crippen molar-refractivity contribution in [3.63, 3.8) is 0 Å². The summed E-state index contributed by atoms with van der Waals surface area (Å²) in [5.74, 6) is 4.47. The van der Waals surface area contributed by atoms with Crippen LogP contribution in [0.3, 0.4) is 0 Å². The summed E-state index contributed by atoms with van der Waals surface area (Å²) >= 11 is 3.65. The maximum Gasteiger partial charge on any atom is 0.234 e. The lowest BCUT2D eigenvalue weighted by Crippen LogP contribution is -2.37. The van der Waals surface area contributed by atoms with Gasteiger partial charge in [-0.15, -0.1) is 11.8 Å². The summed E-state index contributed by atoms with van der Waals surface area (Å²) in [6.07, 6.45) is 4.71. The molecule has 1 aliphatic rings. The molecule has 2 heterocycles. The van der Waals surface area contributed by atoms with E-state index >= 15 is 0 Å². The molecular formula is C12H19N3OS2. The molecule has 1 unspecified atom stereocenters. The molecule has 1 saturated heterocycles. The number of aromatic nitrogens is 2. The lowest BCUT2D eigenvalue weighted by molar-refractivity contribution is -0.120. The molecule has 18 heavy (non-hydrogen) atoms. The van der Waals surface area contributed by atoms with Gasteiger partial charge in [-0.05, 0) is 0 Å². The second-order valence-electron chi connectivity index (χ2n) is 4.12. The van der Waals surface area contributed by atoms with Crippen LogP contribution in [-0.2, 0) is 17.8 Å². The van der Waals surface area contributed by atoms with Gasteiger partial charge >= 0.3 is 0 Å². The normalized spacial score (nSPS) is 19.7. The largest absolute Gasteiger partial charge is 0.353 e. The highest BCUT2D eigenvalue weighted by molar-refractivity contribution is 8.07. The number of nitrogens with one attached hydrogen (secondary N) is 1. The van der Waals surface area contributed by atoms with Crippen LogP contribution >= 0.6 is 23.5 Å². The van der Waals surface area contributed by atoms with E-state index in [9.17, 15) is 4.79 Å². The third-order valence-electron chi connectivity index (χ3n) is 2.88. The molecule has 0 spiro atoms. The van der Waals surface area contributed by atoms with Gasteiger partial charge in [-0.1, -0.05) is 6.92 Å². The molecule has 1 atom stereocenters. The van der Waals surface area contributed by atoms with Crippen LogP contribution in [0.25, 0.3) is 0 Å². The molecule has 6 heteroatoms. The molecule has 1 amide bonds. The number of thioether (sulfide) groups is 2. The van der Waals surface area contributed by atoms with E-state index < -0.39 is 0 Å². The minimum absolute atomic E-state index is 0.136. The number of imidazole rings is 1. The summed E-state index contributed by atoms with van der Waals surface area (Å²) in [6.45, 7) is 3.58. The number of hydrogen-bond donors (Lipinski definition) is 1. The summed E-state index contributed by atoms with van der Waals surface area (Å²) in [4.78, 5) is 16.2. The molecule has 4 nitrogen and oxygen atoms in total. The van der Waals surface area contributed by atoms with E-state index in [1.54, 1.807) is 11.8 Å². The van der Waals surface area contributed by atoms with E-state index in [2.05, 4.69) is 21.8 Å². The van der Waals surface area contributed by atoms with Crippen LogP contribution in [-0.4, -0.2) is 44.5 Å². The highest BCUT2D eigenvalue weighted by Gasteiger charge is 2.21. The Kier molecular flexibility index (Phi) is 5.44. The van der Waals surface area contributed by atoms with Gasteiger partial charge in [0.25, 0.3) is 0 Å². The lowest BCUT2D eigenvalue weighted by atomic mass is 10.4. The van der Waals surface area contributed by atoms with Crippen LogP contribution in [0.4, 0.5) is 0 Å². The van der Waals surface area contributed by atoms with Gasteiger partial charge in [0, 0.05) is 49.2 Å². The van der Waals surface area contributed by atoms with Crippen LogP contribution in [0.2, 0.25) is 0 Å². The first-order valence-electron chi connectivity index (χ1n) is 6.28. The Labute approximate surface area is 116 Å². The van der Waals surface area contributed by atoms with Crippen LogP contribution in [0, 0.1) is 0 Å². The number of aryl methyl sites for hydroxylation is 1. The Morgan fingerprint density at radius 3 is 3.22 bits per heavy atom. The molecular weight excluding hydrogens is 266 g/mol. The van der Waals surface area contributed by atoms with Gasteiger partial charge in [0.05, 0.1) is 5.25 Å². The van der Waals surface area contributed by atoms with Crippen molar-refractivity contribution in [2.75, 3.05) is 23.8 Å². The Balaban J connectivity index is 1.73. The minimum atomic E-state index is 0.136. The molecule has 1 N–H and O–H groups in total. The molecule has 1 aliphatic heterocycles. The SMILES string of the molecule is CCc1nccn1CCNC(=O)C1CSCCS1. The number of carbonyl (C=O) groups is 1. The van der Waals surface area contributed by atoms with Crippen molar-refractivity contribution in [1.29, 1.82) is 0 Å². The zero-order valence-corrected chi connectivity index (χ0v) is 12.2. The topological polar surface area (TPSA) is 46.9 Å². The van der Waals surface area contributed by atoms with Crippen molar-refractivity contribution in [1.82, 2.24) is 14.9 Å². The smallest absolute Gasteiger partial charge is 0.234 e. The van der Waals surface area contributed by atoms with Gasteiger partial charge in [-0.25, -0.2) is 4.98 Å². The van der Waals surface area contributed by atoms with Gasteiger partial charge < -0.3 is 9.88 Å². The van der Waals surface area contributed by atoms with Crippen molar-refractivity contribution in [2.24, 2.45) is 0 Å². The molecule has 1 fully saturated rings. The minimum Gasteiger partial charge on any atom is -0.353 e. The molecule has 1 aromatic rings. The number of amides is 1. The van der Waals surface area contributed by atoms with E-state index in [4.69, 9.17) is 0 Å². The molecule has 0 radical (unpaired) electrons. The number of carbonyl (C=O) groups excluding carboxylic acids is 1. The predicted molar refractivity (Wildman–Crippen MR) is 78.2 cm³/mol. The fraction of sp³-hybridized carbons (Fsp3) is 0.667. The number of nitrogens with zero attached hydrogens (tertiary/aromatic N) is 2. The van der Waals surface area contributed by atoms with Gasteiger partial charge in [-0.2, -0.15) is 11.8 Å². The van der Waals surface area contributed by atoms with Crippen LogP contribution in [0.15, 0.2) is 12.4 Å². The van der Waals surface area contributed by atoms with Gasteiger partial charge in [0.1, 0.15) is 5.82 Å². The van der Waals surface area contributed by atoms with Gasteiger partial charge in [0.2, 0.25) is 5.91 Å². The van der Waals surface area contributed by atoms with Crippen LogP contribution < -0.4 is 5.32 Å². The molecule has 2 rings (SSSR count). The summed E-state index contributed by atoms with van der Waals surface area (Å²) in [5, 5.41) is 3.16. The maximum atomic E-state index is 11.9. The van der Waals surface area contributed by atoms with Crippen molar-refractivity contribution >= 4 is 29.4 Å². The first kappa shape index (κ1) is 13.8. The van der Waals surface area contributed by atoms with E-state index in [0.29, 0.717) is 6.54 Å². The fourth-order valence-corrected chi connectivity index (χ4v) is 4.49. The van der Waals surface area contributed by atoms with Crippen molar-refractivity contribution in [3.8, 4) is 0 Å². The van der Waals surface area contributed by atoms with Crippen LogP contribution in [0.1, 0.15) is 12.7 Å². The summed E-state index contributed by atoms with van der Waals surface area (Å²) in [5.41, 5.74) is 0. The number of hydrogen-bond acceptors (Lipinski definition) is 4. The first-order valence-corrected chi connectivity index (χ1v) is 8.48. The maximum absolute atomic E-state index is 11.9. The van der Waals surface area contributed by atoms with E-state index in [1.165, 1.54) is 5.75 Å². The molecule has 0 aromatic carbocycles. The molecule has 0 bridgehead atoms. The highest BCUT2D eigenvalue weighted by Crippen LogP contribution is 2.23. The Bertz CT molecular complexity index is 388. The first-order chi connectivity index (χ1) is 8.81. The summed E-state index contributed by atoms with van der Waals surface area (Å²) in [7, 11) is 0. The third-order valence-corrected chi connectivity index (χ3v) is 5.63. The summed E-state index contributed by atoms with van der Waals surface area (Å²) < 4.78 is 2.10. The van der Waals surface area contributed by atoms with Gasteiger partial charge in [0.15, 0.2) is 0 Å². The number of rotatable bonds is 5. The van der Waals surface area contributed by atoms with Crippen molar-refractivity contribution in [3.05, 3.63) is 18.2 Å². The average Bonchev–Trinajstić information content (AvgIpc) is 2.87. The Hall–Kier alpha value is -0.620. The zero-order valence-electron chi connectivity index (χ0n) is 10.6. The second kappa shape index (κ2) is 7.09. The lowest BCUT2D eigenvalue weighted by Gasteiger charge is -2.20. The Morgan fingerprint density at radius 2 is 2.50 bits per heavy atom. The molecule has 0 saturated carbocycles. The van der Waals surface area contributed by atoms with E-state index in [0.717, 1.165) is 30.3 Å². The monoisotopic (exact) mass is 285 g/mol. The van der Waals surface area contributed by atoms with Crippen molar-refractivity contribution in [2.45, 2.75) is 25.1 Å². The quantitative estimate of drug-likeness (QED) is 0.888. The third kappa shape index (κ3) is 3.68.